The van der Waals surface area contributed by atoms with Crippen LogP contribution in [0.1, 0.15) is 29.8 Å². The van der Waals surface area contributed by atoms with E-state index in [0.717, 1.165) is 6.42 Å². The monoisotopic (exact) mass is 151 g/mol. The van der Waals surface area contributed by atoms with Crippen LogP contribution in [-0.4, -0.2) is 4.98 Å². The van der Waals surface area contributed by atoms with Gasteiger partial charge in [-0.15, -0.1) is 11.3 Å². The van der Waals surface area contributed by atoms with Gasteiger partial charge in [0, 0.05) is 5.92 Å². The molecule has 1 nitrogen and oxygen atoms in total. The summed E-state index contributed by atoms with van der Waals surface area (Å²) < 4.78 is 0. The molecular weight excluding hydrogens is 142 g/mol. The van der Waals surface area contributed by atoms with E-state index < -0.39 is 0 Å². The molecular formula is C8H9NS. The summed E-state index contributed by atoms with van der Waals surface area (Å²) in [5.41, 5.74) is 3.21. The normalized spacial score (nSPS) is 22.7. The molecule has 0 radical (unpaired) electrons. The fourth-order valence-electron chi connectivity index (χ4n) is 1.25. The molecule has 0 N–H and O–H groups in total. The largest absolute Gasteiger partial charge is 0.249 e. The standard InChI is InChI=1S/C8H9NS/c1-6-3-2-4-7-8(6)9-5-10-7/h2,4-6H,3H2,1H3. The second kappa shape index (κ2) is 2.20. The van der Waals surface area contributed by atoms with Gasteiger partial charge in [0.2, 0.25) is 0 Å². The Balaban J connectivity index is 2.52. The molecule has 2 heteroatoms. The van der Waals surface area contributed by atoms with Gasteiger partial charge >= 0.3 is 0 Å². The number of fused-ring (bicyclic) bond motifs is 1. The summed E-state index contributed by atoms with van der Waals surface area (Å²) in [6.45, 7) is 2.22. The third kappa shape index (κ3) is 0.797. The number of hydrogen-bond acceptors (Lipinski definition) is 2. The maximum absolute atomic E-state index is 4.31. The van der Waals surface area contributed by atoms with Crippen molar-refractivity contribution < 1.29 is 0 Å². The molecule has 2 rings (SSSR count). The van der Waals surface area contributed by atoms with Crippen molar-refractivity contribution in [2.45, 2.75) is 19.3 Å². The van der Waals surface area contributed by atoms with Crippen molar-refractivity contribution in [3.8, 4) is 0 Å². The molecule has 1 aromatic heterocycles. The van der Waals surface area contributed by atoms with Crippen molar-refractivity contribution >= 4 is 17.4 Å². The van der Waals surface area contributed by atoms with Gasteiger partial charge in [0.25, 0.3) is 0 Å². The maximum atomic E-state index is 4.31. The van der Waals surface area contributed by atoms with E-state index in [0.29, 0.717) is 5.92 Å². The van der Waals surface area contributed by atoms with E-state index >= 15 is 0 Å². The van der Waals surface area contributed by atoms with Gasteiger partial charge in [-0.2, -0.15) is 0 Å². The molecule has 1 aliphatic carbocycles. The average Bonchev–Trinajstić information content (AvgIpc) is 2.36. The van der Waals surface area contributed by atoms with Crippen LogP contribution < -0.4 is 0 Å². The van der Waals surface area contributed by atoms with Crippen molar-refractivity contribution in [1.29, 1.82) is 0 Å². The number of nitrogens with zero attached hydrogens (tertiary/aromatic N) is 1. The highest BCUT2D eigenvalue weighted by atomic mass is 32.1. The van der Waals surface area contributed by atoms with Crippen LogP contribution in [0.25, 0.3) is 6.08 Å². The van der Waals surface area contributed by atoms with Gasteiger partial charge in [-0.1, -0.05) is 13.0 Å². The second-order valence-electron chi connectivity index (χ2n) is 2.64. The van der Waals surface area contributed by atoms with E-state index in [2.05, 4.69) is 24.1 Å². The lowest BCUT2D eigenvalue weighted by atomic mass is 9.98. The molecule has 1 unspecified atom stereocenters. The van der Waals surface area contributed by atoms with E-state index in [1.165, 1.54) is 10.6 Å². The third-order valence-electron chi connectivity index (χ3n) is 1.85. The zero-order chi connectivity index (χ0) is 6.97. The topological polar surface area (TPSA) is 12.9 Å². The molecule has 0 aromatic carbocycles. The number of aromatic nitrogens is 1. The van der Waals surface area contributed by atoms with E-state index in [9.17, 15) is 0 Å². The zero-order valence-electron chi connectivity index (χ0n) is 5.87. The maximum Gasteiger partial charge on any atom is 0.0801 e. The molecule has 0 fully saturated rings. The Morgan fingerprint density at radius 3 is 3.40 bits per heavy atom. The summed E-state index contributed by atoms with van der Waals surface area (Å²) in [5, 5.41) is 0. The first-order valence-electron chi connectivity index (χ1n) is 3.48. The van der Waals surface area contributed by atoms with Crippen molar-refractivity contribution in [3.63, 3.8) is 0 Å². The lowest BCUT2D eigenvalue weighted by molar-refractivity contribution is 0.748. The van der Waals surface area contributed by atoms with Crippen molar-refractivity contribution in [3.05, 3.63) is 22.2 Å². The molecule has 0 aliphatic heterocycles. The highest BCUT2D eigenvalue weighted by Crippen LogP contribution is 2.30. The third-order valence-corrected chi connectivity index (χ3v) is 2.66. The minimum atomic E-state index is 0.631. The van der Waals surface area contributed by atoms with Gasteiger partial charge in [-0.3, -0.25) is 0 Å². The van der Waals surface area contributed by atoms with Gasteiger partial charge < -0.3 is 0 Å². The Labute approximate surface area is 64.4 Å². The van der Waals surface area contributed by atoms with E-state index in [1.54, 1.807) is 11.3 Å². The number of thiazole rings is 1. The molecule has 1 aromatic rings. The fraction of sp³-hybridized carbons (Fsp3) is 0.375. The van der Waals surface area contributed by atoms with Gasteiger partial charge in [0.1, 0.15) is 0 Å². The minimum absolute atomic E-state index is 0.631. The molecule has 1 aliphatic rings. The average molecular weight is 151 g/mol. The van der Waals surface area contributed by atoms with Crippen LogP contribution in [0.2, 0.25) is 0 Å². The van der Waals surface area contributed by atoms with Gasteiger partial charge in [-0.05, 0) is 12.5 Å². The lowest BCUT2D eigenvalue weighted by Crippen LogP contribution is -1.97. The van der Waals surface area contributed by atoms with Gasteiger partial charge in [0.05, 0.1) is 16.1 Å². The lowest BCUT2D eigenvalue weighted by Gasteiger charge is -2.10. The molecule has 52 valence electrons. The summed E-state index contributed by atoms with van der Waals surface area (Å²) >= 11 is 1.73. The Kier molecular flexibility index (Phi) is 1.34. The first-order chi connectivity index (χ1) is 4.88. The van der Waals surface area contributed by atoms with Crippen LogP contribution in [0.5, 0.6) is 0 Å². The minimum Gasteiger partial charge on any atom is -0.249 e. The molecule has 0 bridgehead atoms. The molecule has 10 heavy (non-hydrogen) atoms. The van der Waals surface area contributed by atoms with Crippen LogP contribution in [-0.2, 0) is 0 Å². The van der Waals surface area contributed by atoms with Gasteiger partial charge in [0.15, 0.2) is 0 Å². The molecule has 0 amide bonds. The number of allylic oxidation sites excluding steroid dienone is 1. The Hall–Kier alpha value is -0.630. The van der Waals surface area contributed by atoms with E-state index in [4.69, 9.17) is 0 Å². The zero-order valence-corrected chi connectivity index (χ0v) is 6.69. The van der Waals surface area contributed by atoms with Crippen molar-refractivity contribution in [1.82, 2.24) is 4.98 Å². The first-order valence-corrected chi connectivity index (χ1v) is 4.36. The molecule has 0 spiro atoms. The highest BCUT2D eigenvalue weighted by Gasteiger charge is 2.13. The van der Waals surface area contributed by atoms with Crippen LogP contribution in [0.4, 0.5) is 0 Å². The Morgan fingerprint density at radius 2 is 2.60 bits per heavy atom. The smallest absolute Gasteiger partial charge is 0.0801 e. The van der Waals surface area contributed by atoms with E-state index in [-0.39, 0.29) is 0 Å². The summed E-state index contributed by atoms with van der Waals surface area (Å²) in [5.74, 6) is 0.631. The number of hydrogen-bond donors (Lipinski definition) is 0. The summed E-state index contributed by atoms with van der Waals surface area (Å²) in [6, 6.07) is 0. The highest BCUT2D eigenvalue weighted by molar-refractivity contribution is 7.10. The Bertz CT molecular complexity index is 262. The fourth-order valence-corrected chi connectivity index (χ4v) is 2.08. The summed E-state index contributed by atoms with van der Waals surface area (Å²) in [7, 11) is 0. The van der Waals surface area contributed by atoms with Gasteiger partial charge in [-0.25, -0.2) is 4.98 Å². The van der Waals surface area contributed by atoms with Crippen molar-refractivity contribution in [2.75, 3.05) is 0 Å². The second-order valence-corrected chi connectivity index (χ2v) is 3.53. The van der Waals surface area contributed by atoms with E-state index in [1.807, 2.05) is 5.51 Å². The predicted octanol–water partition coefficient (Wildman–Crippen LogP) is 2.66. The predicted molar refractivity (Wildman–Crippen MR) is 44.2 cm³/mol. The molecule has 1 heterocycles. The van der Waals surface area contributed by atoms with Crippen LogP contribution >= 0.6 is 11.3 Å². The number of rotatable bonds is 0. The van der Waals surface area contributed by atoms with Crippen LogP contribution in [0.3, 0.4) is 0 Å². The molecule has 0 saturated heterocycles. The van der Waals surface area contributed by atoms with Crippen LogP contribution in [0.15, 0.2) is 11.6 Å². The quantitative estimate of drug-likeness (QED) is 0.555. The SMILES string of the molecule is CC1CC=Cc2scnc21. The summed E-state index contributed by atoms with van der Waals surface area (Å²) in [4.78, 5) is 5.65. The molecule has 0 saturated carbocycles. The first kappa shape index (κ1) is 6.10. The van der Waals surface area contributed by atoms with Crippen LogP contribution in [0, 0.1) is 0 Å². The Morgan fingerprint density at radius 1 is 1.70 bits per heavy atom. The summed E-state index contributed by atoms with van der Waals surface area (Å²) in [6.07, 6.45) is 5.55. The molecule has 1 atom stereocenters. The van der Waals surface area contributed by atoms with Crippen molar-refractivity contribution in [2.24, 2.45) is 0 Å².